The summed E-state index contributed by atoms with van der Waals surface area (Å²) in [6, 6.07) is 13.8. The molecule has 0 saturated heterocycles. The number of hydrogen-bond donors (Lipinski definition) is 1. The van der Waals surface area contributed by atoms with Crippen LogP contribution in [0.15, 0.2) is 51.4 Å². The van der Waals surface area contributed by atoms with Crippen molar-refractivity contribution in [2.45, 2.75) is 20.0 Å². The van der Waals surface area contributed by atoms with Gasteiger partial charge in [0.2, 0.25) is 0 Å². The van der Waals surface area contributed by atoms with Gasteiger partial charge in [-0.15, -0.1) is 0 Å². The highest BCUT2D eigenvalue weighted by molar-refractivity contribution is 9.10. The van der Waals surface area contributed by atoms with E-state index in [4.69, 9.17) is 4.42 Å². The number of rotatable bonds is 2. The lowest BCUT2D eigenvalue weighted by atomic mass is 10.0. The van der Waals surface area contributed by atoms with Crippen LogP contribution in [0.2, 0.25) is 0 Å². The normalized spacial score (nSPS) is 12.8. The smallest absolute Gasteiger partial charge is 0.138 e. The number of aryl methyl sites for hydroxylation is 2. The zero-order valence-electron chi connectivity index (χ0n) is 11.4. The highest BCUT2D eigenvalue weighted by Crippen LogP contribution is 2.31. The Labute approximate surface area is 126 Å². The maximum Gasteiger partial charge on any atom is 0.138 e. The van der Waals surface area contributed by atoms with Gasteiger partial charge in [0.05, 0.1) is 0 Å². The van der Waals surface area contributed by atoms with Crippen molar-refractivity contribution in [1.82, 2.24) is 0 Å². The minimum absolute atomic E-state index is 0.576. The first kappa shape index (κ1) is 13.4. The van der Waals surface area contributed by atoms with E-state index in [0.717, 1.165) is 26.6 Å². The predicted octanol–water partition coefficient (Wildman–Crippen LogP) is 4.89. The summed E-state index contributed by atoms with van der Waals surface area (Å²) in [4.78, 5) is 0. The number of fused-ring (bicyclic) bond motifs is 1. The van der Waals surface area contributed by atoms with Crippen LogP contribution in [-0.4, -0.2) is 5.11 Å². The lowest BCUT2D eigenvalue weighted by Gasteiger charge is -2.11. The maximum atomic E-state index is 10.6. The van der Waals surface area contributed by atoms with Gasteiger partial charge >= 0.3 is 0 Å². The quantitative estimate of drug-likeness (QED) is 0.725. The molecular weight excluding hydrogens is 316 g/mol. The van der Waals surface area contributed by atoms with Crippen molar-refractivity contribution < 1.29 is 9.52 Å². The van der Waals surface area contributed by atoms with E-state index >= 15 is 0 Å². The molecule has 0 amide bonds. The zero-order chi connectivity index (χ0) is 14.3. The van der Waals surface area contributed by atoms with E-state index in [-0.39, 0.29) is 0 Å². The molecule has 0 aliphatic rings. The summed E-state index contributed by atoms with van der Waals surface area (Å²) in [7, 11) is 0. The molecule has 0 spiro atoms. The minimum Gasteiger partial charge on any atom is -0.458 e. The molecular formula is C17H15BrO2. The SMILES string of the molecule is Cc1ccc2oc(C(O)c3cc(Br)ccc3C)cc2c1. The lowest BCUT2D eigenvalue weighted by Crippen LogP contribution is -2.00. The van der Waals surface area contributed by atoms with Gasteiger partial charge in [0.15, 0.2) is 0 Å². The Hall–Kier alpha value is -1.58. The van der Waals surface area contributed by atoms with Gasteiger partial charge in [-0.2, -0.15) is 0 Å². The van der Waals surface area contributed by atoms with Gasteiger partial charge in [0, 0.05) is 9.86 Å². The van der Waals surface area contributed by atoms with Gasteiger partial charge in [-0.3, -0.25) is 0 Å². The summed E-state index contributed by atoms with van der Waals surface area (Å²) >= 11 is 3.44. The Morgan fingerprint density at radius 1 is 1.05 bits per heavy atom. The number of halogens is 1. The molecule has 1 N–H and O–H groups in total. The fraction of sp³-hybridized carbons (Fsp3) is 0.176. The minimum atomic E-state index is -0.750. The number of aliphatic hydroxyl groups excluding tert-OH is 1. The largest absolute Gasteiger partial charge is 0.458 e. The van der Waals surface area contributed by atoms with Crippen LogP contribution in [0, 0.1) is 13.8 Å². The summed E-state index contributed by atoms with van der Waals surface area (Å²) in [5.74, 6) is 0.576. The second-order valence-electron chi connectivity index (χ2n) is 5.09. The van der Waals surface area contributed by atoms with Crippen LogP contribution in [-0.2, 0) is 0 Å². The molecule has 0 radical (unpaired) electrons. The first-order valence-electron chi connectivity index (χ1n) is 6.49. The second kappa shape index (κ2) is 5.08. The molecule has 3 aromatic rings. The van der Waals surface area contributed by atoms with E-state index in [9.17, 15) is 5.11 Å². The van der Waals surface area contributed by atoms with Crippen LogP contribution in [0.4, 0.5) is 0 Å². The highest BCUT2D eigenvalue weighted by atomic mass is 79.9. The van der Waals surface area contributed by atoms with Gasteiger partial charge in [-0.05, 0) is 55.3 Å². The van der Waals surface area contributed by atoms with E-state index in [1.807, 2.05) is 50.2 Å². The third kappa shape index (κ3) is 2.39. The molecule has 20 heavy (non-hydrogen) atoms. The van der Waals surface area contributed by atoms with Crippen LogP contribution in [0.3, 0.4) is 0 Å². The molecule has 0 aliphatic carbocycles. The van der Waals surface area contributed by atoms with Crippen molar-refractivity contribution in [3.8, 4) is 0 Å². The average Bonchev–Trinajstić information content (AvgIpc) is 2.83. The summed E-state index contributed by atoms with van der Waals surface area (Å²) < 4.78 is 6.72. The number of aliphatic hydroxyl groups is 1. The Bertz CT molecular complexity index is 774. The summed E-state index contributed by atoms with van der Waals surface area (Å²) in [5, 5.41) is 11.6. The molecule has 0 fully saturated rings. The topological polar surface area (TPSA) is 33.4 Å². The van der Waals surface area contributed by atoms with E-state index in [1.54, 1.807) is 0 Å². The standard InChI is InChI=1S/C17H15BrO2/c1-10-3-6-15-12(7-10)8-16(20-15)17(19)14-9-13(18)5-4-11(14)2/h3-9,17,19H,1-2H3. The fourth-order valence-electron chi connectivity index (χ4n) is 2.38. The number of hydrogen-bond acceptors (Lipinski definition) is 2. The zero-order valence-corrected chi connectivity index (χ0v) is 12.9. The summed E-state index contributed by atoms with van der Waals surface area (Å²) in [6.07, 6.45) is -0.750. The average molecular weight is 331 g/mol. The Morgan fingerprint density at radius 2 is 1.85 bits per heavy atom. The van der Waals surface area contributed by atoms with Crippen LogP contribution in [0.5, 0.6) is 0 Å². The molecule has 1 aromatic heterocycles. The molecule has 1 atom stereocenters. The van der Waals surface area contributed by atoms with Crippen LogP contribution in [0.1, 0.15) is 28.6 Å². The Balaban J connectivity index is 2.07. The summed E-state index contributed by atoms with van der Waals surface area (Å²) in [6.45, 7) is 4.03. The molecule has 2 nitrogen and oxygen atoms in total. The highest BCUT2D eigenvalue weighted by Gasteiger charge is 2.17. The third-order valence-corrected chi connectivity index (χ3v) is 3.99. The molecule has 0 saturated carbocycles. The molecule has 102 valence electrons. The molecule has 2 aromatic carbocycles. The van der Waals surface area contributed by atoms with Crippen LogP contribution < -0.4 is 0 Å². The summed E-state index contributed by atoms with van der Waals surface area (Å²) in [5.41, 5.74) is 3.88. The first-order valence-corrected chi connectivity index (χ1v) is 7.28. The van der Waals surface area contributed by atoms with Gasteiger partial charge in [-0.25, -0.2) is 0 Å². The lowest BCUT2D eigenvalue weighted by molar-refractivity contribution is 0.191. The van der Waals surface area contributed by atoms with Gasteiger partial charge in [0.25, 0.3) is 0 Å². The van der Waals surface area contributed by atoms with Crippen LogP contribution >= 0.6 is 15.9 Å². The van der Waals surface area contributed by atoms with E-state index in [2.05, 4.69) is 22.0 Å². The molecule has 1 heterocycles. The van der Waals surface area contributed by atoms with Gasteiger partial charge in [0.1, 0.15) is 17.4 Å². The number of benzene rings is 2. The van der Waals surface area contributed by atoms with E-state index in [0.29, 0.717) is 5.76 Å². The maximum absolute atomic E-state index is 10.6. The van der Waals surface area contributed by atoms with Crippen molar-refractivity contribution in [3.63, 3.8) is 0 Å². The van der Waals surface area contributed by atoms with Gasteiger partial charge < -0.3 is 9.52 Å². The van der Waals surface area contributed by atoms with Crippen molar-refractivity contribution in [2.24, 2.45) is 0 Å². The molecule has 3 heteroatoms. The first-order chi connectivity index (χ1) is 9.54. The van der Waals surface area contributed by atoms with E-state index in [1.165, 1.54) is 5.56 Å². The Morgan fingerprint density at radius 3 is 2.65 bits per heavy atom. The monoisotopic (exact) mass is 330 g/mol. The molecule has 0 bridgehead atoms. The second-order valence-corrected chi connectivity index (χ2v) is 6.01. The fourth-order valence-corrected chi connectivity index (χ4v) is 2.76. The van der Waals surface area contributed by atoms with Crippen molar-refractivity contribution in [3.05, 3.63) is 69.4 Å². The molecule has 1 unspecified atom stereocenters. The molecule has 0 aliphatic heterocycles. The van der Waals surface area contributed by atoms with Gasteiger partial charge in [-0.1, -0.05) is 33.6 Å². The van der Waals surface area contributed by atoms with Crippen molar-refractivity contribution in [2.75, 3.05) is 0 Å². The predicted molar refractivity (Wildman–Crippen MR) is 83.9 cm³/mol. The third-order valence-electron chi connectivity index (χ3n) is 3.50. The van der Waals surface area contributed by atoms with Crippen molar-refractivity contribution >= 4 is 26.9 Å². The molecule has 3 rings (SSSR count). The Kier molecular flexibility index (Phi) is 3.40. The van der Waals surface area contributed by atoms with Crippen LogP contribution in [0.25, 0.3) is 11.0 Å². The number of furan rings is 1. The van der Waals surface area contributed by atoms with E-state index < -0.39 is 6.10 Å². The van der Waals surface area contributed by atoms with Crippen molar-refractivity contribution in [1.29, 1.82) is 0 Å².